The van der Waals surface area contributed by atoms with Crippen molar-refractivity contribution in [1.82, 2.24) is 20.1 Å². The monoisotopic (exact) mass is 314 g/mol. The molecule has 3 aromatic rings. The van der Waals surface area contributed by atoms with E-state index >= 15 is 0 Å². The summed E-state index contributed by atoms with van der Waals surface area (Å²) < 4.78 is 4.49. The summed E-state index contributed by atoms with van der Waals surface area (Å²) in [6.45, 7) is 0. The molecule has 2 aromatic heterocycles. The summed E-state index contributed by atoms with van der Waals surface area (Å²) in [5.74, 6) is 0.254. The van der Waals surface area contributed by atoms with E-state index in [9.17, 15) is 4.79 Å². The minimum atomic E-state index is -0.619. The van der Waals surface area contributed by atoms with Gasteiger partial charge in [-0.1, -0.05) is 28.9 Å². The van der Waals surface area contributed by atoms with Crippen LogP contribution in [0.5, 0.6) is 0 Å². The van der Waals surface area contributed by atoms with Gasteiger partial charge in [0.2, 0.25) is 5.82 Å². The molecule has 4 rings (SSSR count). The Kier molecular flexibility index (Phi) is 3.04. The molecule has 6 nitrogen and oxygen atoms in total. The van der Waals surface area contributed by atoms with Crippen molar-refractivity contribution in [2.75, 3.05) is 0 Å². The molecule has 0 spiro atoms. The number of hydrogen-bond donors (Lipinski definition) is 1. The zero-order valence-electron chi connectivity index (χ0n) is 11.4. The van der Waals surface area contributed by atoms with Crippen LogP contribution in [0.1, 0.15) is 24.3 Å². The molecule has 0 atom stereocenters. The van der Waals surface area contributed by atoms with Gasteiger partial charge >= 0.3 is 5.76 Å². The Labute approximate surface area is 130 Å². The van der Waals surface area contributed by atoms with Gasteiger partial charge in [-0.25, -0.2) is 14.8 Å². The highest BCUT2D eigenvalue weighted by atomic mass is 35.5. The molecule has 1 aliphatic rings. The van der Waals surface area contributed by atoms with Gasteiger partial charge in [0, 0.05) is 10.6 Å². The highest BCUT2D eigenvalue weighted by Crippen LogP contribution is 2.44. The quantitative estimate of drug-likeness (QED) is 0.803. The Balaban J connectivity index is 1.73. The average molecular weight is 315 g/mol. The molecule has 1 fully saturated rings. The van der Waals surface area contributed by atoms with Gasteiger partial charge in [-0.05, 0) is 36.5 Å². The fourth-order valence-corrected chi connectivity index (χ4v) is 2.73. The van der Waals surface area contributed by atoms with Gasteiger partial charge in [-0.2, -0.15) is 0 Å². The Hall–Kier alpha value is -2.47. The summed E-state index contributed by atoms with van der Waals surface area (Å²) in [4.78, 5) is 21.8. The van der Waals surface area contributed by atoms with Gasteiger partial charge in [-0.15, -0.1) is 0 Å². The third kappa shape index (κ3) is 2.42. The van der Waals surface area contributed by atoms with Crippen molar-refractivity contribution in [3.05, 3.63) is 51.7 Å². The molecule has 1 saturated carbocycles. The molecule has 22 heavy (non-hydrogen) atoms. The van der Waals surface area contributed by atoms with Gasteiger partial charge in [0.15, 0.2) is 0 Å². The molecule has 7 heteroatoms. The van der Waals surface area contributed by atoms with E-state index in [4.69, 9.17) is 11.6 Å². The standard InChI is InChI=1S/C15H11ClN4O2/c16-11-5-9(3-4-10(11)8-1-2-8)12-6-13(18-7-17-12)14-19-15(21)22-20-14/h3-8H,1-2H2,(H,19,20,21). The highest BCUT2D eigenvalue weighted by Gasteiger charge is 2.25. The van der Waals surface area contributed by atoms with E-state index in [0.29, 0.717) is 17.3 Å². The first kappa shape index (κ1) is 13.2. The van der Waals surface area contributed by atoms with Crippen molar-refractivity contribution >= 4 is 11.6 Å². The molecule has 110 valence electrons. The Morgan fingerprint density at radius 2 is 2.00 bits per heavy atom. The predicted octanol–water partition coefficient (Wildman–Crippen LogP) is 3.02. The third-order valence-electron chi connectivity index (χ3n) is 3.66. The third-order valence-corrected chi connectivity index (χ3v) is 3.99. The van der Waals surface area contributed by atoms with Crippen LogP contribution in [-0.2, 0) is 0 Å². The maximum atomic E-state index is 11.0. The lowest BCUT2D eigenvalue weighted by atomic mass is 10.1. The molecule has 1 aromatic carbocycles. The zero-order chi connectivity index (χ0) is 15.1. The van der Waals surface area contributed by atoms with Gasteiger partial charge < -0.3 is 0 Å². The van der Waals surface area contributed by atoms with Crippen LogP contribution in [-0.4, -0.2) is 20.1 Å². The number of rotatable bonds is 3. The molecular weight excluding hydrogens is 304 g/mol. The lowest BCUT2D eigenvalue weighted by molar-refractivity contribution is 0.387. The van der Waals surface area contributed by atoms with E-state index < -0.39 is 5.76 Å². The summed E-state index contributed by atoms with van der Waals surface area (Å²) in [6, 6.07) is 7.69. The number of aromatic nitrogens is 4. The molecule has 0 saturated heterocycles. The second-order valence-corrected chi connectivity index (χ2v) is 5.65. The van der Waals surface area contributed by atoms with Crippen LogP contribution < -0.4 is 5.76 Å². The van der Waals surface area contributed by atoms with Crippen LogP contribution in [0.25, 0.3) is 22.8 Å². The SMILES string of the molecule is O=c1[nH]c(-c2cc(-c3ccc(C4CC4)c(Cl)c3)ncn2)no1. The number of nitrogens with zero attached hydrogens (tertiary/aromatic N) is 3. The maximum Gasteiger partial charge on any atom is 0.439 e. The van der Waals surface area contributed by atoms with E-state index in [1.165, 1.54) is 24.7 Å². The van der Waals surface area contributed by atoms with Crippen molar-refractivity contribution < 1.29 is 4.52 Å². The van der Waals surface area contributed by atoms with Crippen molar-refractivity contribution in [3.63, 3.8) is 0 Å². The topological polar surface area (TPSA) is 84.7 Å². The van der Waals surface area contributed by atoms with Crippen LogP contribution in [0, 0.1) is 0 Å². The lowest BCUT2D eigenvalue weighted by Gasteiger charge is -2.06. The number of halogens is 1. The zero-order valence-corrected chi connectivity index (χ0v) is 12.2. The molecule has 1 N–H and O–H groups in total. The normalized spacial score (nSPS) is 14.2. The number of hydrogen-bond acceptors (Lipinski definition) is 5. The Morgan fingerprint density at radius 1 is 1.18 bits per heavy atom. The Bertz CT molecular complexity index is 898. The van der Waals surface area contributed by atoms with Crippen LogP contribution in [0.3, 0.4) is 0 Å². The summed E-state index contributed by atoms with van der Waals surface area (Å²) in [6.07, 6.45) is 3.83. The average Bonchev–Trinajstić information content (AvgIpc) is 3.28. The first-order valence-corrected chi connectivity index (χ1v) is 7.27. The smallest absolute Gasteiger partial charge is 0.296 e. The minimum absolute atomic E-state index is 0.273. The van der Waals surface area contributed by atoms with E-state index in [1.54, 1.807) is 6.07 Å². The number of H-pyrrole nitrogens is 1. The van der Waals surface area contributed by atoms with Crippen LogP contribution in [0.15, 0.2) is 39.9 Å². The number of benzene rings is 1. The van der Waals surface area contributed by atoms with Crippen molar-refractivity contribution in [2.45, 2.75) is 18.8 Å². The first-order chi connectivity index (χ1) is 10.7. The highest BCUT2D eigenvalue weighted by molar-refractivity contribution is 6.31. The van der Waals surface area contributed by atoms with Crippen LogP contribution >= 0.6 is 11.6 Å². The van der Waals surface area contributed by atoms with Crippen molar-refractivity contribution in [1.29, 1.82) is 0 Å². The number of aromatic amines is 1. The van der Waals surface area contributed by atoms with Gasteiger partial charge in [0.25, 0.3) is 0 Å². The second-order valence-electron chi connectivity index (χ2n) is 5.24. The molecule has 0 aliphatic heterocycles. The Morgan fingerprint density at radius 3 is 2.68 bits per heavy atom. The molecule has 0 unspecified atom stereocenters. The minimum Gasteiger partial charge on any atom is -0.296 e. The van der Waals surface area contributed by atoms with Crippen LogP contribution in [0.2, 0.25) is 5.02 Å². The lowest BCUT2D eigenvalue weighted by Crippen LogP contribution is -1.96. The molecule has 1 aliphatic carbocycles. The fourth-order valence-electron chi connectivity index (χ4n) is 2.40. The van der Waals surface area contributed by atoms with Gasteiger partial charge in [-0.3, -0.25) is 9.51 Å². The van der Waals surface area contributed by atoms with E-state index in [1.807, 2.05) is 12.1 Å². The van der Waals surface area contributed by atoms with Gasteiger partial charge in [0.05, 0.1) is 5.69 Å². The second kappa shape index (κ2) is 5.06. The first-order valence-electron chi connectivity index (χ1n) is 6.89. The molecule has 0 bridgehead atoms. The maximum absolute atomic E-state index is 11.0. The summed E-state index contributed by atoms with van der Waals surface area (Å²) in [5, 5.41) is 4.38. The van der Waals surface area contributed by atoms with Crippen molar-refractivity contribution in [2.24, 2.45) is 0 Å². The van der Waals surface area contributed by atoms with E-state index in [0.717, 1.165) is 10.6 Å². The fraction of sp³-hybridized carbons (Fsp3) is 0.200. The largest absolute Gasteiger partial charge is 0.439 e. The van der Waals surface area contributed by atoms with Crippen LogP contribution in [0.4, 0.5) is 0 Å². The summed E-state index contributed by atoms with van der Waals surface area (Å²) in [5.41, 5.74) is 3.28. The van der Waals surface area contributed by atoms with Gasteiger partial charge in [0.1, 0.15) is 12.0 Å². The molecule has 0 radical (unpaired) electrons. The molecule has 0 amide bonds. The van der Waals surface area contributed by atoms with E-state index in [-0.39, 0.29) is 5.82 Å². The molecule has 2 heterocycles. The van der Waals surface area contributed by atoms with E-state index in [2.05, 4.69) is 30.7 Å². The van der Waals surface area contributed by atoms with Crippen molar-refractivity contribution in [3.8, 4) is 22.8 Å². The summed E-state index contributed by atoms with van der Waals surface area (Å²) >= 11 is 6.36. The predicted molar refractivity (Wildman–Crippen MR) is 80.6 cm³/mol. The summed E-state index contributed by atoms with van der Waals surface area (Å²) in [7, 11) is 0. The molecular formula is C15H11ClN4O2. The number of nitrogens with one attached hydrogen (secondary N) is 1.